The molecule has 2 atom stereocenters. The van der Waals surface area contributed by atoms with Crippen LogP contribution in [0.25, 0.3) is 11.0 Å². The van der Waals surface area contributed by atoms with Crippen LogP contribution >= 0.6 is 0 Å². The van der Waals surface area contributed by atoms with Crippen molar-refractivity contribution in [1.82, 2.24) is 25.3 Å². The van der Waals surface area contributed by atoms with E-state index in [4.69, 9.17) is 0 Å². The summed E-state index contributed by atoms with van der Waals surface area (Å²) >= 11 is 0. The molecule has 0 bridgehead atoms. The van der Waals surface area contributed by atoms with Gasteiger partial charge in [-0.25, -0.2) is 4.98 Å². The van der Waals surface area contributed by atoms with Crippen molar-refractivity contribution in [3.05, 3.63) is 30.6 Å². The summed E-state index contributed by atoms with van der Waals surface area (Å²) in [6, 6.07) is 9.48. The summed E-state index contributed by atoms with van der Waals surface area (Å²) < 4.78 is 2.25. The normalized spacial score (nSPS) is 22.4. The molecule has 1 aliphatic heterocycles. The number of aromatic nitrogens is 2. The zero-order valence-corrected chi connectivity index (χ0v) is 12.9. The molecule has 2 aromatic rings. The Labute approximate surface area is 126 Å². The van der Waals surface area contributed by atoms with Crippen LogP contribution in [0.2, 0.25) is 0 Å². The van der Waals surface area contributed by atoms with Gasteiger partial charge in [-0.2, -0.15) is 0 Å². The van der Waals surface area contributed by atoms with E-state index in [0.717, 1.165) is 31.6 Å². The minimum Gasteiger partial charge on any atom is -0.331 e. The fourth-order valence-electron chi connectivity index (χ4n) is 3.09. The molecule has 2 heterocycles. The standard InChI is InChI=1S/C16H25N5/c1-13-10-14(19-18-13)11-20(2)8-5-9-21-12-17-15-6-3-4-7-16(15)21/h3-4,6-7,12-14,18-19H,5,8-11H2,1-2H3. The molecule has 0 radical (unpaired) electrons. The molecule has 5 nitrogen and oxygen atoms in total. The maximum absolute atomic E-state index is 4.44. The number of fused-ring (bicyclic) bond motifs is 1. The van der Waals surface area contributed by atoms with E-state index in [9.17, 15) is 0 Å². The van der Waals surface area contributed by atoms with E-state index in [2.05, 4.69) is 57.5 Å². The van der Waals surface area contributed by atoms with E-state index in [1.54, 1.807) is 0 Å². The maximum Gasteiger partial charge on any atom is 0.0958 e. The van der Waals surface area contributed by atoms with Gasteiger partial charge in [0.2, 0.25) is 0 Å². The highest BCUT2D eigenvalue weighted by atomic mass is 15.4. The van der Waals surface area contributed by atoms with Crippen molar-refractivity contribution in [2.75, 3.05) is 20.1 Å². The molecule has 1 saturated heterocycles. The fraction of sp³-hybridized carbons (Fsp3) is 0.562. The number of hydrazine groups is 1. The second-order valence-corrected chi connectivity index (χ2v) is 6.16. The number of aryl methyl sites for hydroxylation is 1. The summed E-state index contributed by atoms with van der Waals surface area (Å²) in [6.07, 6.45) is 4.30. The molecule has 0 saturated carbocycles. The number of hydrogen-bond donors (Lipinski definition) is 2. The topological polar surface area (TPSA) is 45.1 Å². The largest absolute Gasteiger partial charge is 0.331 e. The Balaban J connectivity index is 1.45. The summed E-state index contributed by atoms with van der Waals surface area (Å²) in [5.74, 6) is 0. The molecule has 21 heavy (non-hydrogen) atoms. The van der Waals surface area contributed by atoms with Gasteiger partial charge in [-0.3, -0.25) is 10.9 Å². The number of hydrogen-bond acceptors (Lipinski definition) is 4. The van der Waals surface area contributed by atoms with Crippen LogP contribution in [0.5, 0.6) is 0 Å². The molecule has 1 aromatic carbocycles. The summed E-state index contributed by atoms with van der Waals surface area (Å²) in [4.78, 5) is 6.85. The third-order valence-electron chi connectivity index (χ3n) is 4.17. The van der Waals surface area contributed by atoms with Crippen LogP contribution in [-0.4, -0.2) is 46.7 Å². The molecule has 0 amide bonds. The highest BCUT2D eigenvalue weighted by Gasteiger charge is 2.20. The molecule has 1 aromatic heterocycles. The Kier molecular flexibility index (Phi) is 4.53. The smallest absolute Gasteiger partial charge is 0.0958 e. The maximum atomic E-state index is 4.44. The van der Waals surface area contributed by atoms with Gasteiger partial charge in [0.1, 0.15) is 0 Å². The first-order chi connectivity index (χ1) is 10.2. The lowest BCUT2D eigenvalue weighted by molar-refractivity contribution is 0.288. The van der Waals surface area contributed by atoms with E-state index >= 15 is 0 Å². The Hall–Kier alpha value is -1.43. The van der Waals surface area contributed by atoms with Gasteiger partial charge < -0.3 is 9.47 Å². The summed E-state index contributed by atoms with van der Waals surface area (Å²) in [6.45, 7) is 5.45. The summed E-state index contributed by atoms with van der Waals surface area (Å²) in [5.41, 5.74) is 8.96. The molecule has 1 aliphatic rings. The first kappa shape index (κ1) is 14.5. The lowest BCUT2D eigenvalue weighted by Crippen LogP contribution is -2.39. The van der Waals surface area contributed by atoms with Crippen molar-refractivity contribution >= 4 is 11.0 Å². The Bertz CT molecular complexity index is 579. The van der Waals surface area contributed by atoms with E-state index in [-0.39, 0.29) is 0 Å². The van der Waals surface area contributed by atoms with Crippen LogP contribution in [0.4, 0.5) is 0 Å². The summed E-state index contributed by atoms with van der Waals surface area (Å²) in [5, 5.41) is 0. The Morgan fingerprint density at radius 1 is 1.33 bits per heavy atom. The number of nitrogens with one attached hydrogen (secondary N) is 2. The average Bonchev–Trinajstić information content (AvgIpc) is 3.06. The molecular weight excluding hydrogens is 262 g/mol. The van der Waals surface area contributed by atoms with Crippen molar-refractivity contribution in [2.45, 2.75) is 38.4 Å². The molecule has 114 valence electrons. The highest BCUT2D eigenvalue weighted by Crippen LogP contribution is 2.12. The summed E-state index contributed by atoms with van der Waals surface area (Å²) in [7, 11) is 2.21. The molecular formula is C16H25N5. The van der Waals surface area contributed by atoms with Gasteiger partial charge in [0.05, 0.1) is 17.4 Å². The predicted octanol–water partition coefficient (Wildman–Crippen LogP) is 1.61. The van der Waals surface area contributed by atoms with Crippen LogP contribution < -0.4 is 10.9 Å². The van der Waals surface area contributed by atoms with Crippen molar-refractivity contribution in [1.29, 1.82) is 0 Å². The molecule has 5 heteroatoms. The molecule has 3 rings (SSSR count). The van der Waals surface area contributed by atoms with Gasteiger partial charge in [-0.15, -0.1) is 0 Å². The van der Waals surface area contributed by atoms with E-state index < -0.39 is 0 Å². The molecule has 2 unspecified atom stereocenters. The van der Waals surface area contributed by atoms with E-state index in [1.807, 2.05) is 12.4 Å². The third kappa shape index (κ3) is 3.61. The molecule has 1 fully saturated rings. The fourth-order valence-corrected chi connectivity index (χ4v) is 3.09. The van der Waals surface area contributed by atoms with Crippen LogP contribution in [0.15, 0.2) is 30.6 Å². The van der Waals surface area contributed by atoms with Crippen LogP contribution in [0.3, 0.4) is 0 Å². The SMILES string of the molecule is CC1CC(CN(C)CCCn2cnc3ccccc32)NN1. The van der Waals surface area contributed by atoms with Gasteiger partial charge in [0, 0.05) is 25.2 Å². The number of nitrogens with zero attached hydrogens (tertiary/aromatic N) is 3. The highest BCUT2D eigenvalue weighted by molar-refractivity contribution is 5.74. The van der Waals surface area contributed by atoms with Gasteiger partial charge in [0.25, 0.3) is 0 Å². The minimum atomic E-state index is 0.569. The van der Waals surface area contributed by atoms with Gasteiger partial charge in [-0.1, -0.05) is 12.1 Å². The lowest BCUT2D eigenvalue weighted by atomic mass is 10.1. The quantitative estimate of drug-likeness (QED) is 0.847. The Morgan fingerprint density at radius 2 is 2.19 bits per heavy atom. The lowest BCUT2D eigenvalue weighted by Gasteiger charge is -2.20. The average molecular weight is 287 g/mol. The number of likely N-dealkylation sites (N-methyl/N-ethyl adjacent to an activating group) is 1. The monoisotopic (exact) mass is 287 g/mol. The van der Waals surface area contributed by atoms with Crippen LogP contribution in [0, 0.1) is 0 Å². The second-order valence-electron chi connectivity index (χ2n) is 6.16. The van der Waals surface area contributed by atoms with Crippen molar-refractivity contribution in [3.8, 4) is 0 Å². The molecule has 2 N–H and O–H groups in total. The number of benzene rings is 1. The van der Waals surface area contributed by atoms with E-state index in [1.165, 1.54) is 11.9 Å². The first-order valence-corrected chi connectivity index (χ1v) is 7.82. The first-order valence-electron chi connectivity index (χ1n) is 7.82. The predicted molar refractivity (Wildman–Crippen MR) is 86.0 cm³/mol. The van der Waals surface area contributed by atoms with Gasteiger partial charge in [0.15, 0.2) is 0 Å². The number of para-hydroxylation sites is 2. The zero-order chi connectivity index (χ0) is 14.7. The van der Waals surface area contributed by atoms with E-state index in [0.29, 0.717) is 12.1 Å². The number of rotatable bonds is 6. The zero-order valence-electron chi connectivity index (χ0n) is 12.9. The Morgan fingerprint density at radius 3 is 3.00 bits per heavy atom. The van der Waals surface area contributed by atoms with Crippen LogP contribution in [0.1, 0.15) is 19.8 Å². The van der Waals surface area contributed by atoms with Crippen LogP contribution in [-0.2, 0) is 6.54 Å². The van der Waals surface area contributed by atoms with Crippen molar-refractivity contribution in [2.24, 2.45) is 0 Å². The second kappa shape index (κ2) is 6.56. The molecule has 0 aliphatic carbocycles. The van der Waals surface area contributed by atoms with Gasteiger partial charge in [-0.05, 0) is 45.5 Å². The molecule has 0 spiro atoms. The minimum absolute atomic E-state index is 0.569. The third-order valence-corrected chi connectivity index (χ3v) is 4.17. The van der Waals surface area contributed by atoms with Crippen molar-refractivity contribution < 1.29 is 0 Å². The van der Waals surface area contributed by atoms with Gasteiger partial charge >= 0.3 is 0 Å². The van der Waals surface area contributed by atoms with Crippen molar-refractivity contribution in [3.63, 3.8) is 0 Å². The number of imidazole rings is 1.